The van der Waals surface area contributed by atoms with Crippen LogP contribution in [0.25, 0.3) is 0 Å². The van der Waals surface area contributed by atoms with Crippen molar-refractivity contribution in [1.29, 1.82) is 0 Å². The van der Waals surface area contributed by atoms with E-state index in [1.54, 1.807) is 0 Å². The first kappa shape index (κ1) is 12.6. The van der Waals surface area contributed by atoms with Crippen LogP contribution < -0.4 is 0 Å². The van der Waals surface area contributed by atoms with Gasteiger partial charge in [-0.3, -0.25) is 0 Å². The number of hydrogen-bond donors (Lipinski definition) is 0. The summed E-state index contributed by atoms with van der Waals surface area (Å²) in [6, 6.07) is 0. The molecule has 0 aromatic carbocycles. The van der Waals surface area contributed by atoms with Crippen LogP contribution in [0.1, 0.15) is 65.7 Å². The standard InChI is InChI=1S/C11H23NO/c1-4-5-6-7-8-9-10-11(2,3)12-13/h4-10H2,1-3H3. The predicted octanol–water partition coefficient (Wildman–Crippen LogP) is 4.28. The maximum absolute atomic E-state index is 10.3. The van der Waals surface area contributed by atoms with E-state index >= 15 is 0 Å². The van der Waals surface area contributed by atoms with Gasteiger partial charge in [0.2, 0.25) is 0 Å². The highest BCUT2D eigenvalue weighted by Gasteiger charge is 2.16. The van der Waals surface area contributed by atoms with Crippen molar-refractivity contribution < 1.29 is 0 Å². The molecule has 0 spiro atoms. The monoisotopic (exact) mass is 185 g/mol. The average molecular weight is 185 g/mol. The molecule has 78 valence electrons. The van der Waals surface area contributed by atoms with E-state index in [9.17, 15) is 4.91 Å². The molecule has 0 bridgehead atoms. The summed E-state index contributed by atoms with van der Waals surface area (Å²) in [6.07, 6.45) is 8.61. The summed E-state index contributed by atoms with van der Waals surface area (Å²) >= 11 is 0. The van der Waals surface area contributed by atoms with Crippen molar-refractivity contribution in [2.45, 2.75) is 71.3 Å². The lowest BCUT2D eigenvalue weighted by Crippen LogP contribution is -2.14. The average Bonchev–Trinajstić information content (AvgIpc) is 2.11. The highest BCUT2D eigenvalue weighted by molar-refractivity contribution is 4.75. The van der Waals surface area contributed by atoms with Crippen LogP contribution in [0.4, 0.5) is 0 Å². The summed E-state index contributed by atoms with van der Waals surface area (Å²) < 4.78 is 0. The maximum Gasteiger partial charge on any atom is 0.0970 e. The molecule has 0 aliphatic heterocycles. The van der Waals surface area contributed by atoms with Crippen LogP contribution in [0.5, 0.6) is 0 Å². The number of unbranched alkanes of at least 4 members (excludes halogenated alkanes) is 5. The molecular formula is C11H23NO. The molecule has 0 radical (unpaired) electrons. The van der Waals surface area contributed by atoms with E-state index in [-0.39, 0.29) is 5.54 Å². The van der Waals surface area contributed by atoms with Crippen LogP contribution in [0.15, 0.2) is 5.18 Å². The molecule has 2 nitrogen and oxygen atoms in total. The molecule has 0 aromatic heterocycles. The minimum atomic E-state index is -0.343. The van der Waals surface area contributed by atoms with Gasteiger partial charge < -0.3 is 0 Å². The van der Waals surface area contributed by atoms with Gasteiger partial charge in [0.25, 0.3) is 0 Å². The van der Waals surface area contributed by atoms with E-state index in [0.717, 1.165) is 12.8 Å². The predicted molar refractivity (Wildman–Crippen MR) is 57.9 cm³/mol. The molecule has 0 heterocycles. The maximum atomic E-state index is 10.3. The highest BCUT2D eigenvalue weighted by atomic mass is 16.3. The third kappa shape index (κ3) is 7.94. The van der Waals surface area contributed by atoms with Crippen molar-refractivity contribution in [2.75, 3.05) is 0 Å². The van der Waals surface area contributed by atoms with Crippen molar-refractivity contribution in [2.24, 2.45) is 5.18 Å². The number of hydrogen-bond acceptors (Lipinski definition) is 2. The van der Waals surface area contributed by atoms with Crippen molar-refractivity contribution in [3.8, 4) is 0 Å². The fraction of sp³-hybridized carbons (Fsp3) is 1.00. The smallest absolute Gasteiger partial charge is 0.0970 e. The van der Waals surface area contributed by atoms with Gasteiger partial charge in [-0.25, -0.2) is 0 Å². The molecule has 0 aliphatic carbocycles. The molecule has 0 atom stereocenters. The molecule has 2 heteroatoms. The fourth-order valence-electron chi connectivity index (χ4n) is 1.38. The summed E-state index contributed by atoms with van der Waals surface area (Å²) in [4.78, 5) is 10.3. The minimum Gasteiger partial charge on any atom is -0.150 e. The Morgan fingerprint density at radius 3 is 2.08 bits per heavy atom. The van der Waals surface area contributed by atoms with Crippen LogP contribution in [0, 0.1) is 4.91 Å². The largest absolute Gasteiger partial charge is 0.150 e. The van der Waals surface area contributed by atoms with Crippen LogP contribution >= 0.6 is 0 Å². The van der Waals surface area contributed by atoms with Gasteiger partial charge in [-0.05, 0) is 20.3 Å². The molecule has 0 saturated heterocycles. The summed E-state index contributed by atoms with van der Waals surface area (Å²) in [5.74, 6) is 0. The lowest BCUT2D eigenvalue weighted by atomic mass is 9.97. The minimum absolute atomic E-state index is 0.343. The quantitative estimate of drug-likeness (QED) is 0.410. The first-order valence-corrected chi connectivity index (χ1v) is 5.47. The molecular weight excluding hydrogens is 162 g/mol. The summed E-state index contributed by atoms with van der Waals surface area (Å²) in [6.45, 7) is 6.04. The first-order chi connectivity index (χ1) is 6.12. The van der Waals surface area contributed by atoms with Crippen LogP contribution in [-0.2, 0) is 0 Å². The molecule has 0 unspecified atom stereocenters. The number of rotatable bonds is 8. The zero-order valence-corrected chi connectivity index (χ0v) is 9.31. The van der Waals surface area contributed by atoms with Crippen molar-refractivity contribution in [3.63, 3.8) is 0 Å². The topological polar surface area (TPSA) is 29.4 Å². The van der Waals surface area contributed by atoms with Gasteiger partial charge in [0, 0.05) is 0 Å². The van der Waals surface area contributed by atoms with E-state index < -0.39 is 0 Å². The molecule has 0 saturated carbocycles. The molecule has 0 amide bonds. The number of nitroso groups, excluding NO2 is 1. The Hall–Kier alpha value is -0.400. The van der Waals surface area contributed by atoms with E-state index in [0.29, 0.717) is 0 Å². The van der Waals surface area contributed by atoms with Gasteiger partial charge in [-0.1, -0.05) is 50.6 Å². The van der Waals surface area contributed by atoms with Gasteiger partial charge in [0.1, 0.15) is 0 Å². The van der Waals surface area contributed by atoms with Crippen LogP contribution in [0.2, 0.25) is 0 Å². The first-order valence-electron chi connectivity index (χ1n) is 5.47. The fourth-order valence-corrected chi connectivity index (χ4v) is 1.38. The Balaban J connectivity index is 3.20. The van der Waals surface area contributed by atoms with E-state index in [1.165, 1.54) is 32.1 Å². The van der Waals surface area contributed by atoms with Crippen molar-refractivity contribution in [3.05, 3.63) is 4.91 Å². The van der Waals surface area contributed by atoms with E-state index in [2.05, 4.69) is 12.1 Å². The Bertz CT molecular complexity index is 132. The molecule has 0 aliphatic rings. The van der Waals surface area contributed by atoms with Gasteiger partial charge in [-0.15, -0.1) is 0 Å². The molecule has 0 N–H and O–H groups in total. The second kappa shape index (κ2) is 7.05. The lowest BCUT2D eigenvalue weighted by molar-refractivity contribution is 0.441. The van der Waals surface area contributed by atoms with Gasteiger partial charge in [-0.2, -0.15) is 4.91 Å². The van der Waals surface area contributed by atoms with E-state index in [4.69, 9.17) is 0 Å². The van der Waals surface area contributed by atoms with Gasteiger partial charge in [0.05, 0.1) is 5.54 Å². The summed E-state index contributed by atoms with van der Waals surface area (Å²) in [7, 11) is 0. The number of nitrogens with zero attached hydrogens (tertiary/aromatic N) is 1. The van der Waals surface area contributed by atoms with E-state index in [1.807, 2.05) is 13.8 Å². The normalized spacial score (nSPS) is 11.6. The summed E-state index contributed by atoms with van der Waals surface area (Å²) in [5, 5.41) is 3.10. The highest BCUT2D eigenvalue weighted by Crippen LogP contribution is 2.18. The lowest BCUT2D eigenvalue weighted by Gasteiger charge is -2.13. The Labute approximate surface area is 82.1 Å². The molecule has 13 heavy (non-hydrogen) atoms. The molecule has 0 rings (SSSR count). The second-order valence-corrected chi connectivity index (χ2v) is 4.42. The zero-order chi connectivity index (χ0) is 10.2. The van der Waals surface area contributed by atoms with Crippen molar-refractivity contribution >= 4 is 0 Å². The van der Waals surface area contributed by atoms with Gasteiger partial charge >= 0.3 is 0 Å². The van der Waals surface area contributed by atoms with Gasteiger partial charge in [0.15, 0.2) is 0 Å². The molecule has 0 fully saturated rings. The zero-order valence-electron chi connectivity index (χ0n) is 9.31. The summed E-state index contributed by atoms with van der Waals surface area (Å²) in [5.41, 5.74) is -0.343. The Morgan fingerprint density at radius 2 is 1.54 bits per heavy atom. The van der Waals surface area contributed by atoms with Crippen molar-refractivity contribution in [1.82, 2.24) is 0 Å². The van der Waals surface area contributed by atoms with Crippen LogP contribution in [0.3, 0.4) is 0 Å². The Morgan fingerprint density at radius 1 is 1.00 bits per heavy atom. The second-order valence-electron chi connectivity index (χ2n) is 4.42. The third-order valence-corrected chi connectivity index (χ3v) is 2.39. The third-order valence-electron chi connectivity index (χ3n) is 2.39. The molecule has 0 aromatic rings. The SMILES string of the molecule is CCCCCCCCC(C)(C)N=O. The Kier molecular flexibility index (Phi) is 6.83. The van der Waals surface area contributed by atoms with Crippen LogP contribution in [-0.4, -0.2) is 5.54 Å².